The Morgan fingerprint density at radius 3 is 2.50 bits per heavy atom. The van der Waals surface area contributed by atoms with Gasteiger partial charge in [0.2, 0.25) is 0 Å². The molecule has 2 aromatic rings. The molecular formula is C16H18O2. The molecule has 0 radical (unpaired) electrons. The third kappa shape index (κ3) is 2.20. The van der Waals surface area contributed by atoms with E-state index in [9.17, 15) is 4.79 Å². The smallest absolute Gasteiger partial charge is 0.192 e. The van der Waals surface area contributed by atoms with Crippen molar-refractivity contribution in [2.45, 2.75) is 44.4 Å². The van der Waals surface area contributed by atoms with Gasteiger partial charge in [0.25, 0.3) is 0 Å². The van der Waals surface area contributed by atoms with Gasteiger partial charge in [-0.15, -0.1) is 0 Å². The monoisotopic (exact) mass is 242 g/mol. The maximum Gasteiger partial charge on any atom is 0.192 e. The van der Waals surface area contributed by atoms with E-state index in [-0.39, 0.29) is 5.43 Å². The van der Waals surface area contributed by atoms with Crippen LogP contribution in [-0.2, 0) is 0 Å². The van der Waals surface area contributed by atoms with Crippen LogP contribution in [0.5, 0.6) is 0 Å². The molecule has 1 fully saturated rings. The van der Waals surface area contributed by atoms with Gasteiger partial charge < -0.3 is 4.42 Å². The molecule has 0 saturated heterocycles. The van der Waals surface area contributed by atoms with Gasteiger partial charge in [-0.2, -0.15) is 0 Å². The Kier molecular flexibility index (Phi) is 3.18. The summed E-state index contributed by atoms with van der Waals surface area (Å²) >= 11 is 0. The summed E-state index contributed by atoms with van der Waals surface area (Å²) in [4.78, 5) is 12.1. The van der Waals surface area contributed by atoms with Crippen LogP contribution in [0.25, 0.3) is 11.0 Å². The van der Waals surface area contributed by atoms with Gasteiger partial charge in [0.05, 0.1) is 5.39 Å². The zero-order chi connectivity index (χ0) is 12.4. The summed E-state index contributed by atoms with van der Waals surface area (Å²) < 4.78 is 5.94. The molecule has 2 nitrogen and oxygen atoms in total. The van der Waals surface area contributed by atoms with E-state index in [0.717, 1.165) is 24.2 Å². The molecule has 2 heteroatoms. The Hall–Kier alpha value is -1.57. The van der Waals surface area contributed by atoms with Gasteiger partial charge in [0.1, 0.15) is 11.3 Å². The molecule has 3 rings (SSSR count). The van der Waals surface area contributed by atoms with Gasteiger partial charge in [-0.3, -0.25) is 4.79 Å². The molecule has 1 aromatic heterocycles. The molecule has 0 bridgehead atoms. The van der Waals surface area contributed by atoms with Gasteiger partial charge in [0.15, 0.2) is 5.43 Å². The lowest BCUT2D eigenvalue weighted by molar-refractivity contribution is 0.447. The molecule has 1 aromatic carbocycles. The Morgan fingerprint density at radius 1 is 1.00 bits per heavy atom. The standard InChI is InChI=1S/C16H18O2/c17-14-11-16(12-7-3-1-2-4-8-12)18-15-10-6-5-9-13(14)15/h5-6,9-12H,1-4,7-8H2. The molecule has 0 aliphatic heterocycles. The molecule has 0 N–H and O–H groups in total. The fourth-order valence-electron chi connectivity index (χ4n) is 2.89. The van der Waals surface area contributed by atoms with Crippen molar-refractivity contribution in [2.24, 2.45) is 0 Å². The normalized spacial score (nSPS) is 17.8. The molecule has 0 amide bonds. The van der Waals surface area contributed by atoms with Crippen molar-refractivity contribution < 1.29 is 4.42 Å². The molecule has 1 aliphatic rings. The predicted octanol–water partition coefficient (Wildman–Crippen LogP) is 4.23. The first-order valence-electron chi connectivity index (χ1n) is 6.87. The van der Waals surface area contributed by atoms with Crippen molar-refractivity contribution in [1.82, 2.24) is 0 Å². The quantitative estimate of drug-likeness (QED) is 0.700. The van der Waals surface area contributed by atoms with Crippen LogP contribution < -0.4 is 5.43 Å². The summed E-state index contributed by atoms with van der Waals surface area (Å²) in [6, 6.07) is 9.22. The molecule has 1 saturated carbocycles. The summed E-state index contributed by atoms with van der Waals surface area (Å²) in [5.74, 6) is 1.32. The third-order valence-corrected chi connectivity index (χ3v) is 3.91. The van der Waals surface area contributed by atoms with Crippen LogP contribution in [0, 0.1) is 0 Å². The fraction of sp³-hybridized carbons (Fsp3) is 0.438. The SMILES string of the molecule is O=c1cc(C2CCCCCC2)oc2ccccc12. The first-order valence-corrected chi connectivity index (χ1v) is 6.87. The average molecular weight is 242 g/mol. The highest BCUT2D eigenvalue weighted by molar-refractivity contribution is 5.76. The molecule has 1 aliphatic carbocycles. The van der Waals surface area contributed by atoms with Crippen LogP contribution in [0.15, 0.2) is 39.5 Å². The van der Waals surface area contributed by atoms with Crippen LogP contribution in [0.1, 0.15) is 50.2 Å². The van der Waals surface area contributed by atoms with Crippen molar-refractivity contribution in [3.63, 3.8) is 0 Å². The van der Waals surface area contributed by atoms with E-state index in [2.05, 4.69) is 0 Å². The Labute approximate surface area is 107 Å². The number of hydrogen-bond acceptors (Lipinski definition) is 2. The van der Waals surface area contributed by atoms with Crippen molar-refractivity contribution in [2.75, 3.05) is 0 Å². The minimum atomic E-state index is 0.0936. The van der Waals surface area contributed by atoms with Gasteiger partial charge in [-0.05, 0) is 25.0 Å². The number of benzene rings is 1. The van der Waals surface area contributed by atoms with E-state index in [4.69, 9.17) is 4.42 Å². The highest BCUT2D eigenvalue weighted by atomic mass is 16.3. The minimum absolute atomic E-state index is 0.0936. The zero-order valence-corrected chi connectivity index (χ0v) is 10.5. The topological polar surface area (TPSA) is 30.2 Å². The van der Waals surface area contributed by atoms with Crippen molar-refractivity contribution in [3.05, 3.63) is 46.3 Å². The van der Waals surface area contributed by atoms with E-state index < -0.39 is 0 Å². The minimum Gasteiger partial charge on any atom is -0.461 e. The summed E-state index contributed by atoms with van der Waals surface area (Å²) in [6.07, 6.45) is 7.44. The highest BCUT2D eigenvalue weighted by Crippen LogP contribution is 2.32. The molecule has 0 atom stereocenters. The van der Waals surface area contributed by atoms with Crippen LogP contribution in [0.3, 0.4) is 0 Å². The number of fused-ring (bicyclic) bond motifs is 1. The third-order valence-electron chi connectivity index (χ3n) is 3.91. The summed E-state index contributed by atoms with van der Waals surface area (Å²) in [5, 5.41) is 0.690. The second-order valence-corrected chi connectivity index (χ2v) is 5.20. The second kappa shape index (κ2) is 4.97. The van der Waals surface area contributed by atoms with Crippen LogP contribution in [0.2, 0.25) is 0 Å². The lowest BCUT2D eigenvalue weighted by Gasteiger charge is -2.13. The van der Waals surface area contributed by atoms with E-state index in [0.29, 0.717) is 11.3 Å². The summed E-state index contributed by atoms with van der Waals surface area (Å²) in [6.45, 7) is 0. The number of rotatable bonds is 1. The Balaban J connectivity index is 2.04. The second-order valence-electron chi connectivity index (χ2n) is 5.20. The maximum atomic E-state index is 12.1. The molecule has 1 heterocycles. The molecule has 0 spiro atoms. The predicted molar refractivity (Wildman–Crippen MR) is 72.9 cm³/mol. The van der Waals surface area contributed by atoms with E-state index >= 15 is 0 Å². The lowest BCUT2D eigenvalue weighted by Crippen LogP contribution is -2.05. The van der Waals surface area contributed by atoms with Crippen molar-refractivity contribution in [1.29, 1.82) is 0 Å². The van der Waals surface area contributed by atoms with Gasteiger partial charge in [-0.25, -0.2) is 0 Å². The van der Waals surface area contributed by atoms with E-state index in [1.54, 1.807) is 6.07 Å². The molecule has 94 valence electrons. The van der Waals surface area contributed by atoms with Crippen molar-refractivity contribution in [3.8, 4) is 0 Å². The van der Waals surface area contributed by atoms with Crippen LogP contribution in [-0.4, -0.2) is 0 Å². The van der Waals surface area contributed by atoms with E-state index in [1.165, 1.54) is 25.7 Å². The summed E-state index contributed by atoms with van der Waals surface area (Å²) in [7, 11) is 0. The molecule has 18 heavy (non-hydrogen) atoms. The first kappa shape index (κ1) is 11.5. The molecular weight excluding hydrogens is 224 g/mol. The maximum absolute atomic E-state index is 12.1. The zero-order valence-electron chi connectivity index (χ0n) is 10.5. The van der Waals surface area contributed by atoms with E-state index in [1.807, 2.05) is 24.3 Å². The summed E-state index contributed by atoms with van der Waals surface area (Å²) in [5.41, 5.74) is 0.820. The fourth-order valence-corrected chi connectivity index (χ4v) is 2.89. The van der Waals surface area contributed by atoms with Crippen LogP contribution in [0.4, 0.5) is 0 Å². The Bertz CT molecular complexity index is 589. The largest absolute Gasteiger partial charge is 0.461 e. The van der Waals surface area contributed by atoms with Gasteiger partial charge in [-0.1, -0.05) is 37.8 Å². The lowest BCUT2D eigenvalue weighted by atomic mass is 9.97. The molecule has 0 unspecified atom stereocenters. The van der Waals surface area contributed by atoms with Gasteiger partial charge >= 0.3 is 0 Å². The Morgan fingerprint density at radius 2 is 1.72 bits per heavy atom. The van der Waals surface area contributed by atoms with Crippen molar-refractivity contribution >= 4 is 11.0 Å². The first-order chi connectivity index (χ1) is 8.84. The van der Waals surface area contributed by atoms with Crippen LogP contribution >= 0.6 is 0 Å². The average Bonchev–Trinajstić information content (AvgIpc) is 2.67. The van der Waals surface area contributed by atoms with Gasteiger partial charge in [0, 0.05) is 12.0 Å². The number of hydrogen-bond donors (Lipinski definition) is 0. The highest BCUT2D eigenvalue weighted by Gasteiger charge is 2.17. The number of para-hydroxylation sites is 1.